The highest BCUT2D eigenvalue weighted by Crippen LogP contribution is 2.28. The van der Waals surface area contributed by atoms with Gasteiger partial charge in [0.1, 0.15) is 0 Å². The van der Waals surface area contributed by atoms with Crippen LogP contribution in [0.1, 0.15) is 23.2 Å². The molecule has 1 aromatic rings. The molecule has 0 aromatic heterocycles. The van der Waals surface area contributed by atoms with Crippen molar-refractivity contribution in [3.8, 4) is 0 Å². The molecule has 2 rings (SSSR count). The highest BCUT2D eigenvalue weighted by atomic mass is 79.9. The molecule has 1 amide bonds. The largest absolute Gasteiger partial charge is 0.478 e. The number of carbonyl (C=O) groups is 2. The Morgan fingerprint density at radius 1 is 1.44 bits per heavy atom. The maximum Gasteiger partial charge on any atom is 0.336 e. The molecular weight excluding hydrogens is 318 g/mol. The van der Waals surface area contributed by atoms with E-state index >= 15 is 0 Å². The summed E-state index contributed by atoms with van der Waals surface area (Å²) in [4.78, 5) is 22.9. The van der Waals surface area contributed by atoms with E-state index in [0.717, 1.165) is 18.6 Å². The zero-order valence-corrected chi connectivity index (χ0v) is 11.9. The first kappa shape index (κ1) is 13.4. The van der Waals surface area contributed by atoms with E-state index in [2.05, 4.69) is 21.2 Å². The average Bonchev–Trinajstić information content (AvgIpc) is 2.85. The number of hydrogen-bond acceptors (Lipinski definition) is 3. The Kier molecular flexibility index (Phi) is 4.29. The Balaban J connectivity index is 2.11. The third kappa shape index (κ3) is 3.05. The van der Waals surface area contributed by atoms with Gasteiger partial charge in [0.25, 0.3) is 0 Å². The fourth-order valence-electron chi connectivity index (χ4n) is 1.77. The summed E-state index contributed by atoms with van der Waals surface area (Å²) in [5, 5.41) is 11.7. The summed E-state index contributed by atoms with van der Waals surface area (Å²) in [5.41, 5.74) is 0.667. The van der Waals surface area contributed by atoms with Gasteiger partial charge < -0.3 is 10.4 Å². The van der Waals surface area contributed by atoms with Gasteiger partial charge in [-0.2, -0.15) is 0 Å². The van der Waals surface area contributed by atoms with Crippen LogP contribution in [0.25, 0.3) is 0 Å². The Labute approximate surface area is 117 Å². The number of nitrogens with one attached hydrogen (secondary N) is 1. The van der Waals surface area contributed by atoms with Crippen LogP contribution in [0, 0.1) is 0 Å². The second-order valence-corrected chi connectivity index (χ2v) is 6.16. The normalized spacial score (nSPS) is 18.6. The number of anilines is 1. The molecule has 18 heavy (non-hydrogen) atoms. The first-order valence-corrected chi connectivity index (χ1v) is 7.37. The summed E-state index contributed by atoms with van der Waals surface area (Å²) < 4.78 is 0.503. The minimum Gasteiger partial charge on any atom is -0.478 e. The summed E-state index contributed by atoms with van der Waals surface area (Å²) in [6.07, 6.45) is 1.95. The van der Waals surface area contributed by atoms with E-state index in [1.165, 1.54) is 6.07 Å². The van der Waals surface area contributed by atoms with Crippen LogP contribution in [0.2, 0.25) is 0 Å². The van der Waals surface area contributed by atoms with Crippen LogP contribution in [0.5, 0.6) is 0 Å². The lowest BCUT2D eigenvalue weighted by molar-refractivity contribution is -0.115. The minimum atomic E-state index is -1.02. The van der Waals surface area contributed by atoms with E-state index in [9.17, 15) is 9.59 Å². The molecule has 0 aliphatic carbocycles. The second-order valence-electron chi connectivity index (χ2n) is 3.99. The van der Waals surface area contributed by atoms with Crippen molar-refractivity contribution < 1.29 is 14.7 Å². The molecule has 0 bridgehead atoms. The first-order valence-electron chi connectivity index (χ1n) is 5.53. The molecule has 1 aliphatic rings. The van der Waals surface area contributed by atoms with Crippen molar-refractivity contribution in [2.24, 2.45) is 0 Å². The number of benzene rings is 1. The number of halogens is 1. The lowest BCUT2D eigenvalue weighted by Gasteiger charge is -2.10. The van der Waals surface area contributed by atoms with E-state index in [0.29, 0.717) is 10.2 Å². The molecule has 0 saturated carbocycles. The van der Waals surface area contributed by atoms with E-state index in [1.807, 2.05) is 0 Å². The third-order valence-corrected chi connectivity index (χ3v) is 4.75. The van der Waals surface area contributed by atoms with Crippen molar-refractivity contribution in [1.29, 1.82) is 0 Å². The minimum absolute atomic E-state index is 0.0121. The predicted octanol–water partition coefficient (Wildman–Crippen LogP) is 2.98. The number of thioether (sulfide) groups is 1. The van der Waals surface area contributed by atoms with Crippen LogP contribution in [-0.2, 0) is 4.79 Å². The monoisotopic (exact) mass is 329 g/mol. The zero-order chi connectivity index (χ0) is 13.1. The number of rotatable bonds is 3. The summed E-state index contributed by atoms with van der Waals surface area (Å²) in [5.74, 6) is -0.0527. The Bertz CT molecular complexity index is 486. The molecule has 6 heteroatoms. The van der Waals surface area contributed by atoms with Gasteiger partial charge in [0.2, 0.25) is 5.91 Å². The van der Waals surface area contributed by atoms with Gasteiger partial charge in [-0.1, -0.05) is 0 Å². The third-order valence-electron chi connectivity index (χ3n) is 2.69. The van der Waals surface area contributed by atoms with Gasteiger partial charge in [0.05, 0.1) is 10.8 Å². The van der Waals surface area contributed by atoms with Crippen molar-refractivity contribution in [3.63, 3.8) is 0 Å². The molecule has 0 radical (unpaired) electrons. The Morgan fingerprint density at radius 2 is 2.22 bits per heavy atom. The second kappa shape index (κ2) is 5.75. The average molecular weight is 330 g/mol. The van der Waals surface area contributed by atoms with Crippen molar-refractivity contribution in [1.82, 2.24) is 0 Å². The standard InChI is InChI=1S/C12H12BrNO3S/c13-9-4-3-7(6-8(9)12(16)17)14-11(15)10-2-1-5-18-10/h3-4,6,10H,1-2,5H2,(H,14,15)(H,16,17). The lowest BCUT2D eigenvalue weighted by atomic mass is 10.2. The number of carbonyl (C=O) groups excluding carboxylic acids is 1. The first-order chi connectivity index (χ1) is 8.58. The van der Waals surface area contributed by atoms with E-state index in [-0.39, 0.29) is 16.7 Å². The molecule has 2 N–H and O–H groups in total. The SMILES string of the molecule is O=C(O)c1cc(NC(=O)C2CCCS2)ccc1Br. The van der Waals surface area contributed by atoms with Crippen LogP contribution >= 0.6 is 27.7 Å². The van der Waals surface area contributed by atoms with Gasteiger partial charge in [-0.05, 0) is 52.7 Å². The lowest BCUT2D eigenvalue weighted by Crippen LogP contribution is -2.23. The van der Waals surface area contributed by atoms with Crippen LogP contribution in [0.4, 0.5) is 5.69 Å². The molecule has 0 spiro atoms. The van der Waals surface area contributed by atoms with Gasteiger partial charge >= 0.3 is 5.97 Å². The molecule has 1 fully saturated rings. The molecular formula is C12H12BrNO3S. The summed E-state index contributed by atoms with van der Waals surface area (Å²) >= 11 is 4.81. The number of amides is 1. The van der Waals surface area contributed by atoms with Gasteiger partial charge in [-0.3, -0.25) is 4.79 Å². The Hall–Kier alpha value is -1.01. The van der Waals surface area contributed by atoms with Crippen LogP contribution in [-0.4, -0.2) is 28.0 Å². The number of aromatic carboxylic acids is 1. The fourth-order valence-corrected chi connectivity index (χ4v) is 3.35. The molecule has 96 valence electrons. The fraction of sp³-hybridized carbons (Fsp3) is 0.333. The summed E-state index contributed by atoms with van der Waals surface area (Å²) in [6.45, 7) is 0. The molecule has 1 saturated heterocycles. The van der Waals surface area contributed by atoms with Crippen molar-refractivity contribution in [2.45, 2.75) is 18.1 Å². The van der Waals surface area contributed by atoms with Crippen LogP contribution < -0.4 is 5.32 Å². The van der Waals surface area contributed by atoms with Gasteiger partial charge in [0.15, 0.2) is 0 Å². The quantitative estimate of drug-likeness (QED) is 0.894. The van der Waals surface area contributed by atoms with Crippen molar-refractivity contribution in [3.05, 3.63) is 28.2 Å². The molecule has 1 unspecified atom stereocenters. The topological polar surface area (TPSA) is 66.4 Å². The zero-order valence-electron chi connectivity index (χ0n) is 9.48. The maximum absolute atomic E-state index is 11.9. The van der Waals surface area contributed by atoms with E-state index in [1.54, 1.807) is 23.9 Å². The number of hydrogen-bond donors (Lipinski definition) is 2. The highest BCUT2D eigenvalue weighted by Gasteiger charge is 2.23. The predicted molar refractivity (Wildman–Crippen MR) is 75.2 cm³/mol. The van der Waals surface area contributed by atoms with E-state index in [4.69, 9.17) is 5.11 Å². The summed E-state index contributed by atoms with van der Waals surface area (Å²) in [6, 6.07) is 4.78. The molecule has 1 aliphatic heterocycles. The molecule has 1 aromatic carbocycles. The van der Waals surface area contributed by atoms with Crippen molar-refractivity contribution >= 4 is 45.3 Å². The van der Waals surface area contributed by atoms with Gasteiger partial charge in [-0.15, -0.1) is 11.8 Å². The van der Waals surface area contributed by atoms with Gasteiger partial charge in [-0.25, -0.2) is 4.79 Å². The van der Waals surface area contributed by atoms with Gasteiger partial charge in [0, 0.05) is 10.2 Å². The number of carboxylic acid groups (broad SMARTS) is 1. The summed E-state index contributed by atoms with van der Waals surface area (Å²) in [7, 11) is 0. The van der Waals surface area contributed by atoms with Crippen molar-refractivity contribution in [2.75, 3.05) is 11.1 Å². The van der Waals surface area contributed by atoms with Crippen LogP contribution in [0.15, 0.2) is 22.7 Å². The highest BCUT2D eigenvalue weighted by molar-refractivity contribution is 9.10. The Morgan fingerprint density at radius 3 is 2.83 bits per heavy atom. The maximum atomic E-state index is 11.9. The molecule has 1 heterocycles. The smallest absolute Gasteiger partial charge is 0.336 e. The van der Waals surface area contributed by atoms with E-state index < -0.39 is 5.97 Å². The number of carboxylic acids is 1. The van der Waals surface area contributed by atoms with Crippen LogP contribution in [0.3, 0.4) is 0 Å². The molecule has 1 atom stereocenters. The molecule has 4 nitrogen and oxygen atoms in total.